The van der Waals surface area contributed by atoms with Gasteiger partial charge in [0.25, 0.3) is 0 Å². The number of amides is 11. The van der Waals surface area contributed by atoms with E-state index in [0.717, 1.165) is 4.90 Å². The first-order valence-electron chi connectivity index (χ1n) is 31.1. The molecule has 5 rings (SSSR count). The summed E-state index contributed by atoms with van der Waals surface area (Å²) in [5.41, 5.74) is 7.40. The summed E-state index contributed by atoms with van der Waals surface area (Å²) in [7, 11) is 0. The fourth-order valence-corrected chi connectivity index (χ4v) is 10.2. The average molecular weight is 1370 g/mol. The molecule has 0 radical (unpaired) electrons. The van der Waals surface area contributed by atoms with Crippen LogP contribution in [0.25, 0.3) is 0 Å². The Labute approximate surface area is 561 Å². The number of aliphatic carboxylic acids is 3. The molecule has 4 aromatic rings. The first-order valence-corrected chi connectivity index (χ1v) is 31.1. The summed E-state index contributed by atoms with van der Waals surface area (Å²) in [5.74, 6) is -16.0. The lowest BCUT2D eigenvalue weighted by Gasteiger charge is -2.30. The van der Waals surface area contributed by atoms with E-state index in [2.05, 4.69) is 53.2 Å². The van der Waals surface area contributed by atoms with Gasteiger partial charge in [-0.05, 0) is 71.7 Å². The number of carbonyl (C=O) groups excluding carboxylic acids is 11. The number of aromatic hydroxyl groups is 2. The van der Waals surface area contributed by atoms with Crippen LogP contribution < -0.4 is 58.9 Å². The van der Waals surface area contributed by atoms with Crippen molar-refractivity contribution in [1.29, 1.82) is 0 Å². The van der Waals surface area contributed by atoms with Crippen molar-refractivity contribution in [3.8, 4) is 11.5 Å². The Morgan fingerprint density at radius 1 is 0.449 bits per heavy atom. The fraction of sp³-hybridized carbons (Fsp3) is 0.415. The van der Waals surface area contributed by atoms with Gasteiger partial charge in [0.2, 0.25) is 65.0 Å². The number of nitrogens with zero attached hydrogens (tertiary/aromatic N) is 1. The van der Waals surface area contributed by atoms with Crippen LogP contribution in [0, 0.1) is 5.92 Å². The number of nitrogens with one attached hydrogen (secondary N) is 10. The topological polar surface area (TPSA) is 530 Å². The van der Waals surface area contributed by atoms with Crippen molar-refractivity contribution in [3.63, 3.8) is 0 Å². The highest BCUT2D eigenvalue weighted by Gasteiger charge is 2.40. The van der Waals surface area contributed by atoms with E-state index < -0.39 is 182 Å². The minimum atomic E-state index is -1.88. The highest BCUT2D eigenvalue weighted by Crippen LogP contribution is 2.21. The molecule has 0 saturated carbocycles. The fourth-order valence-electron chi connectivity index (χ4n) is 10.2. The van der Waals surface area contributed by atoms with Crippen LogP contribution in [-0.2, 0) is 92.8 Å². The Hall–Kier alpha value is -11.1. The van der Waals surface area contributed by atoms with Crippen LogP contribution in [0.4, 0.5) is 0 Å². The molecule has 0 aromatic heterocycles. The number of aliphatic hydroxyl groups is 2. The quantitative estimate of drug-likeness (QED) is 0.0203. The van der Waals surface area contributed by atoms with Gasteiger partial charge in [0.15, 0.2) is 0 Å². The lowest BCUT2D eigenvalue weighted by Crippen LogP contribution is -2.60. The molecule has 0 bridgehead atoms. The van der Waals surface area contributed by atoms with Crippen molar-refractivity contribution in [3.05, 3.63) is 131 Å². The molecule has 0 aliphatic carbocycles. The highest BCUT2D eigenvalue weighted by molar-refractivity contribution is 5.99. The van der Waals surface area contributed by atoms with E-state index in [1.165, 1.54) is 48.5 Å². The maximum Gasteiger partial charge on any atom is 0.326 e. The largest absolute Gasteiger partial charge is 0.508 e. The van der Waals surface area contributed by atoms with Gasteiger partial charge >= 0.3 is 17.9 Å². The molecule has 1 heterocycles. The Kier molecular flexibility index (Phi) is 30.5. The highest BCUT2D eigenvalue weighted by atomic mass is 16.4. The maximum absolute atomic E-state index is 14.6. The summed E-state index contributed by atoms with van der Waals surface area (Å²) in [6, 6.07) is 11.7. The number of benzene rings is 4. The minimum absolute atomic E-state index is 0.000607. The van der Waals surface area contributed by atoms with Crippen molar-refractivity contribution >= 4 is 82.9 Å². The second-order valence-corrected chi connectivity index (χ2v) is 23.5. The van der Waals surface area contributed by atoms with E-state index in [1.807, 2.05) is 0 Å². The second kappa shape index (κ2) is 38.5. The third-order valence-corrected chi connectivity index (χ3v) is 15.2. The number of hydrogen-bond acceptors (Lipinski definition) is 19. The van der Waals surface area contributed by atoms with Crippen LogP contribution in [0.3, 0.4) is 0 Å². The lowest BCUT2D eigenvalue weighted by atomic mass is 10.0. The SMILES string of the molecule is CC(C)C[C@H](NC(=O)[C@@H](N)CC(=O)O)C(=O)N[C@@H](CO)C(=O)NCC(=O)N[C@@H](CO)C(=O)N[C@@H](Cc1ccc(O)cc1)C(=O)N1CCC[C@H]1C(=O)NCC(=O)N[C@@H](Cc1ccccc1)C(=O)N[C@@H](Cc1ccccc1)C(=O)N[C@@H](CC(=O)O)C(=O)N[C@@H](Cc1ccc(O)cc1)C(=O)O. The summed E-state index contributed by atoms with van der Waals surface area (Å²) in [6.07, 6.45) is -2.50. The Balaban J connectivity index is 1.26. The summed E-state index contributed by atoms with van der Waals surface area (Å²) >= 11 is 0. The molecule has 528 valence electrons. The Morgan fingerprint density at radius 2 is 0.837 bits per heavy atom. The number of hydrogen-bond donors (Lipinski definition) is 18. The number of nitrogens with two attached hydrogens (primary N) is 1. The molecule has 0 unspecified atom stereocenters. The number of carboxylic acids is 3. The van der Waals surface area contributed by atoms with E-state index in [4.69, 9.17) is 10.8 Å². The molecule has 11 amide bonds. The van der Waals surface area contributed by atoms with Crippen LogP contribution in [0.15, 0.2) is 109 Å². The van der Waals surface area contributed by atoms with Gasteiger partial charge in [0.05, 0.1) is 45.2 Å². The van der Waals surface area contributed by atoms with Gasteiger partial charge in [0, 0.05) is 32.2 Å². The minimum Gasteiger partial charge on any atom is -0.508 e. The molecular formula is C65H82N12O21. The monoisotopic (exact) mass is 1370 g/mol. The molecule has 19 N–H and O–H groups in total. The zero-order valence-electron chi connectivity index (χ0n) is 53.5. The molecule has 33 heteroatoms. The molecule has 1 saturated heterocycles. The van der Waals surface area contributed by atoms with Crippen molar-refractivity contribution in [2.45, 2.75) is 132 Å². The van der Waals surface area contributed by atoms with Crippen LogP contribution in [0.1, 0.15) is 68.2 Å². The summed E-state index contributed by atoms with van der Waals surface area (Å²) in [4.78, 5) is 187. The van der Waals surface area contributed by atoms with Gasteiger partial charge in [-0.1, -0.05) is 98.8 Å². The van der Waals surface area contributed by atoms with E-state index in [0.29, 0.717) is 22.3 Å². The van der Waals surface area contributed by atoms with Gasteiger partial charge in [-0.2, -0.15) is 0 Å². The normalized spacial score (nSPS) is 15.3. The Morgan fingerprint density at radius 3 is 1.34 bits per heavy atom. The van der Waals surface area contributed by atoms with Gasteiger partial charge in [-0.25, -0.2) is 4.79 Å². The predicted octanol–water partition coefficient (Wildman–Crippen LogP) is -4.14. The predicted molar refractivity (Wildman–Crippen MR) is 344 cm³/mol. The number of carbonyl (C=O) groups is 14. The van der Waals surface area contributed by atoms with Crippen molar-refractivity contribution in [2.75, 3.05) is 32.8 Å². The molecule has 10 atom stereocenters. The zero-order chi connectivity index (χ0) is 72.2. The van der Waals surface area contributed by atoms with Crippen LogP contribution in [0.5, 0.6) is 11.5 Å². The Bertz CT molecular complexity index is 3460. The molecule has 1 aliphatic rings. The number of rotatable bonds is 38. The molecular weight excluding hydrogens is 1280 g/mol. The van der Waals surface area contributed by atoms with E-state index >= 15 is 0 Å². The summed E-state index contributed by atoms with van der Waals surface area (Å²) in [5, 5.41) is 92.4. The summed E-state index contributed by atoms with van der Waals surface area (Å²) in [6.45, 7) is -0.390. The van der Waals surface area contributed by atoms with Crippen molar-refractivity contribution in [2.24, 2.45) is 11.7 Å². The second-order valence-electron chi connectivity index (χ2n) is 23.5. The summed E-state index contributed by atoms with van der Waals surface area (Å²) < 4.78 is 0. The van der Waals surface area contributed by atoms with Crippen molar-refractivity contribution < 1.29 is 103 Å². The number of aliphatic hydroxyl groups excluding tert-OH is 2. The molecule has 1 aliphatic heterocycles. The molecule has 98 heavy (non-hydrogen) atoms. The third-order valence-electron chi connectivity index (χ3n) is 15.2. The smallest absolute Gasteiger partial charge is 0.326 e. The molecule has 0 spiro atoms. The van der Waals surface area contributed by atoms with Crippen LogP contribution in [0.2, 0.25) is 0 Å². The van der Waals surface area contributed by atoms with Gasteiger partial charge in [-0.15, -0.1) is 0 Å². The van der Waals surface area contributed by atoms with Gasteiger partial charge in [-0.3, -0.25) is 62.3 Å². The van der Waals surface area contributed by atoms with Crippen LogP contribution in [-0.4, -0.2) is 217 Å². The van der Waals surface area contributed by atoms with Crippen molar-refractivity contribution in [1.82, 2.24) is 58.1 Å². The third kappa shape index (κ3) is 25.6. The average Bonchev–Trinajstić information content (AvgIpc) is 1.58. The molecule has 33 nitrogen and oxygen atoms in total. The number of likely N-dealkylation sites (tertiary alicyclic amines) is 1. The van der Waals surface area contributed by atoms with Gasteiger partial charge in [0.1, 0.15) is 65.9 Å². The standard InChI is InChI=1S/C65H82N12O21/c1-35(2)24-43(71-56(88)42(66)29-54(84)85)58(90)76-49(33-78)57(89)67-31-53(83)70-50(34-79)62(94)74-47(27-38-15-19-40(80)20-16-38)64(96)77-23-9-14-51(77)63(95)68-32-52(82)69-44(25-36-10-5-3-6-11-36)59(91)72-45(26-37-12-7-4-8-13-37)60(92)73-46(30-55(86)87)61(93)75-48(65(97)98)28-39-17-21-41(81)22-18-39/h3-8,10-13,15-22,35,42-51,78-81H,9,14,23-34,66H2,1-2H3,(H,67,89)(H,68,95)(H,69,82)(H,70,83)(H,71,88)(H,72,91)(H,73,92)(H,74,94)(H,75,93)(H,76,90)(H,84,85)(H,86,87)(H,97,98)/t42-,43-,44-,45-,46-,47-,48-,49-,50-,51-/m0/s1. The number of phenols is 2. The molecule has 1 fully saturated rings. The maximum atomic E-state index is 14.6. The van der Waals surface area contributed by atoms with E-state index in [9.17, 15) is 97.8 Å². The molecule has 4 aromatic carbocycles. The van der Waals surface area contributed by atoms with E-state index in [1.54, 1.807) is 74.5 Å². The number of carboxylic acid groups (broad SMARTS) is 3. The first kappa shape index (κ1) is 77.6. The lowest BCUT2D eigenvalue weighted by molar-refractivity contribution is -0.143. The number of phenolic OH excluding ortho intramolecular Hbond substituents is 2. The first-order chi connectivity index (χ1) is 46.5. The van der Waals surface area contributed by atoms with Gasteiger partial charge < -0.3 is 99.5 Å². The zero-order valence-corrected chi connectivity index (χ0v) is 53.5. The van der Waals surface area contributed by atoms with Crippen LogP contribution >= 0.6 is 0 Å². The van der Waals surface area contributed by atoms with E-state index in [-0.39, 0.29) is 68.9 Å².